The Morgan fingerprint density at radius 1 is 1.26 bits per heavy atom. The molecule has 0 amide bonds. The molecule has 0 radical (unpaired) electrons. The predicted molar refractivity (Wildman–Crippen MR) is 70.4 cm³/mol. The smallest absolute Gasteiger partial charge is 0.334 e. The van der Waals surface area contributed by atoms with Crippen molar-refractivity contribution in [1.29, 1.82) is 0 Å². The number of hydrogen-bond acceptors (Lipinski definition) is 6. The molecule has 0 aromatic heterocycles. The average molecular weight is 278 g/mol. The second-order valence-electron chi connectivity index (χ2n) is 4.26. The summed E-state index contributed by atoms with van der Waals surface area (Å²) in [5, 5.41) is 17.2. The minimum atomic E-state index is -0.977. The fourth-order valence-corrected chi connectivity index (χ4v) is 0.887. The molecule has 0 saturated carbocycles. The zero-order chi connectivity index (χ0) is 15.3. The summed E-state index contributed by atoms with van der Waals surface area (Å²) in [7, 11) is 1.26. The molecule has 0 aliphatic heterocycles. The number of ether oxygens (including phenoxy) is 2. The molecular weight excluding hydrogens is 252 g/mol. The van der Waals surface area contributed by atoms with Gasteiger partial charge in [0, 0.05) is 0 Å². The molecule has 6 heteroatoms. The number of carbonyl (C=O) groups excluding carboxylic acids is 2. The lowest BCUT2D eigenvalue weighted by Crippen LogP contribution is -2.26. The van der Waals surface area contributed by atoms with Gasteiger partial charge in [0.1, 0.15) is 0 Å². The maximum absolute atomic E-state index is 10.5. The molecule has 19 heavy (non-hydrogen) atoms. The van der Waals surface area contributed by atoms with E-state index in [4.69, 9.17) is 14.9 Å². The van der Waals surface area contributed by atoms with Crippen LogP contribution < -0.4 is 0 Å². The third-order valence-corrected chi connectivity index (χ3v) is 2.15. The number of esters is 2. The Morgan fingerprint density at radius 3 is 2.16 bits per heavy atom. The van der Waals surface area contributed by atoms with E-state index in [2.05, 4.69) is 4.74 Å². The van der Waals surface area contributed by atoms with Crippen LogP contribution in [0.1, 0.15) is 40.0 Å². The zero-order valence-electron chi connectivity index (χ0n) is 12.2. The van der Waals surface area contributed by atoms with Gasteiger partial charge in [0.05, 0.1) is 26.7 Å². The minimum Gasteiger partial charge on any atom is -0.467 e. The lowest BCUT2D eigenvalue weighted by Gasteiger charge is -2.10. The van der Waals surface area contributed by atoms with Gasteiger partial charge in [-0.15, -0.1) is 0 Å². The second-order valence-corrected chi connectivity index (χ2v) is 4.26. The monoisotopic (exact) mass is 278 g/mol. The number of aliphatic hydroxyl groups is 2. The Balaban J connectivity index is 0. The van der Waals surface area contributed by atoms with Crippen LogP contribution in [0.2, 0.25) is 0 Å². The van der Waals surface area contributed by atoms with Gasteiger partial charge in [-0.1, -0.05) is 27.2 Å². The first-order chi connectivity index (χ1) is 8.90. The third kappa shape index (κ3) is 13.1. The van der Waals surface area contributed by atoms with Gasteiger partial charge in [-0.3, -0.25) is 4.79 Å². The highest BCUT2D eigenvalue weighted by Crippen LogP contribution is 2.01. The number of rotatable bonds is 7. The van der Waals surface area contributed by atoms with Crippen LogP contribution in [0.4, 0.5) is 0 Å². The third-order valence-electron chi connectivity index (χ3n) is 2.15. The van der Waals surface area contributed by atoms with Crippen LogP contribution in [0.3, 0.4) is 0 Å². The van der Waals surface area contributed by atoms with Crippen LogP contribution in [0.5, 0.6) is 0 Å². The number of carbonyl (C=O) groups is 2. The van der Waals surface area contributed by atoms with Crippen molar-refractivity contribution >= 4 is 11.9 Å². The van der Waals surface area contributed by atoms with Gasteiger partial charge in [0.2, 0.25) is 0 Å². The van der Waals surface area contributed by atoms with E-state index in [1.165, 1.54) is 7.11 Å². The quantitative estimate of drug-likeness (QED) is 0.530. The highest BCUT2D eigenvalue weighted by atomic mass is 16.5. The van der Waals surface area contributed by atoms with E-state index in [9.17, 15) is 9.59 Å². The van der Waals surface area contributed by atoms with Crippen molar-refractivity contribution in [2.75, 3.05) is 20.3 Å². The summed E-state index contributed by atoms with van der Waals surface area (Å²) in [4.78, 5) is 21.0. The Bertz CT molecular complexity index is 239. The van der Waals surface area contributed by atoms with E-state index in [1.54, 1.807) is 13.8 Å². The molecule has 1 unspecified atom stereocenters. The maximum Gasteiger partial charge on any atom is 0.334 e. The van der Waals surface area contributed by atoms with Gasteiger partial charge in [0.15, 0.2) is 6.10 Å². The predicted octanol–water partition coefficient (Wildman–Crippen LogP) is 0.888. The first kappa shape index (κ1) is 20.2. The highest BCUT2D eigenvalue weighted by molar-refractivity contribution is 5.74. The van der Waals surface area contributed by atoms with Gasteiger partial charge in [-0.2, -0.15) is 0 Å². The number of aliphatic hydroxyl groups excluding tert-OH is 2. The number of methoxy groups -OCH3 is 1. The van der Waals surface area contributed by atoms with E-state index in [1.807, 2.05) is 6.92 Å². The Morgan fingerprint density at radius 2 is 1.84 bits per heavy atom. The summed E-state index contributed by atoms with van der Waals surface area (Å²) in [6, 6.07) is 0. The fraction of sp³-hybridized carbons (Fsp3) is 0.846. The second kappa shape index (κ2) is 13.3. The van der Waals surface area contributed by atoms with Gasteiger partial charge in [-0.25, -0.2) is 4.79 Å². The summed E-state index contributed by atoms with van der Waals surface area (Å²) in [5.74, 6) is -0.946. The van der Waals surface area contributed by atoms with Crippen molar-refractivity contribution in [2.45, 2.75) is 46.1 Å². The molecule has 0 rings (SSSR count). The van der Waals surface area contributed by atoms with E-state index in [0.717, 1.165) is 12.8 Å². The minimum absolute atomic E-state index is 0.0718. The van der Waals surface area contributed by atoms with Crippen molar-refractivity contribution in [2.24, 2.45) is 5.92 Å². The average Bonchev–Trinajstić information content (AvgIpc) is 2.38. The lowest BCUT2D eigenvalue weighted by atomic mass is 10.1. The molecule has 0 bridgehead atoms. The largest absolute Gasteiger partial charge is 0.467 e. The Labute approximate surface area is 114 Å². The Hall–Kier alpha value is -1.14. The van der Waals surface area contributed by atoms with Crippen LogP contribution in [-0.2, 0) is 19.1 Å². The molecule has 0 fully saturated rings. The van der Waals surface area contributed by atoms with Gasteiger partial charge in [-0.05, 0) is 12.3 Å². The number of unbranched alkanes of at least 4 members (excludes halogenated alkanes) is 1. The van der Waals surface area contributed by atoms with Crippen molar-refractivity contribution in [3.8, 4) is 0 Å². The van der Waals surface area contributed by atoms with Gasteiger partial charge >= 0.3 is 11.9 Å². The standard InChI is InChI=1S/C7H14O3.C6H12O3/c1-2-3-6-10-7(9)4-5-8;1-4(2)5(7)6(8)9-3/h8H,2-6H2,1H3;4-5,7H,1-3H3. The van der Waals surface area contributed by atoms with E-state index >= 15 is 0 Å². The molecular formula is C13H26O6. The molecule has 1 atom stereocenters. The maximum atomic E-state index is 10.5. The van der Waals surface area contributed by atoms with Gasteiger partial charge in [0.25, 0.3) is 0 Å². The molecule has 2 N–H and O–H groups in total. The van der Waals surface area contributed by atoms with Crippen LogP contribution in [0.25, 0.3) is 0 Å². The zero-order valence-corrected chi connectivity index (χ0v) is 12.2. The van der Waals surface area contributed by atoms with Crippen LogP contribution in [0.15, 0.2) is 0 Å². The van der Waals surface area contributed by atoms with Crippen molar-refractivity contribution in [3.63, 3.8) is 0 Å². The molecule has 0 saturated heterocycles. The molecule has 0 aromatic rings. The van der Waals surface area contributed by atoms with Crippen molar-refractivity contribution in [3.05, 3.63) is 0 Å². The topological polar surface area (TPSA) is 93.1 Å². The van der Waals surface area contributed by atoms with Crippen LogP contribution >= 0.6 is 0 Å². The molecule has 0 aliphatic rings. The van der Waals surface area contributed by atoms with E-state index in [0.29, 0.717) is 6.61 Å². The number of hydrogen-bond donors (Lipinski definition) is 2. The molecule has 0 heterocycles. The molecule has 6 nitrogen and oxygen atoms in total. The summed E-state index contributed by atoms with van der Waals surface area (Å²) < 4.78 is 9.01. The molecule has 114 valence electrons. The van der Waals surface area contributed by atoms with Crippen LogP contribution in [-0.4, -0.2) is 48.6 Å². The fourth-order valence-electron chi connectivity index (χ4n) is 0.887. The summed E-state index contributed by atoms with van der Waals surface area (Å²) in [5.41, 5.74) is 0. The first-order valence-corrected chi connectivity index (χ1v) is 6.43. The molecule has 0 spiro atoms. The molecule has 0 aromatic carbocycles. The first-order valence-electron chi connectivity index (χ1n) is 6.43. The van der Waals surface area contributed by atoms with E-state index in [-0.39, 0.29) is 24.9 Å². The summed E-state index contributed by atoms with van der Waals surface area (Å²) >= 11 is 0. The highest BCUT2D eigenvalue weighted by Gasteiger charge is 2.18. The summed E-state index contributed by atoms with van der Waals surface area (Å²) in [6.45, 7) is 5.89. The SMILES string of the molecule is CCCCOC(=O)CCO.COC(=O)C(O)C(C)C. The van der Waals surface area contributed by atoms with E-state index < -0.39 is 12.1 Å². The normalized spacial score (nSPS) is 11.3. The van der Waals surface area contributed by atoms with Gasteiger partial charge < -0.3 is 19.7 Å². The molecule has 0 aliphatic carbocycles. The van der Waals surface area contributed by atoms with Crippen molar-refractivity contribution < 1.29 is 29.3 Å². The summed E-state index contributed by atoms with van der Waals surface area (Å²) in [6.07, 6.45) is 1.06. The lowest BCUT2D eigenvalue weighted by molar-refractivity contribution is -0.152. The Kier molecular flexibility index (Phi) is 14.1. The van der Waals surface area contributed by atoms with Crippen LogP contribution in [0, 0.1) is 5.92 Å². The van der Waals surface area contributed by atoms with Crippen molar-refractivity contribution in [1.82, 2.24) is 0 Å².